The molecule has 4 heteroatoms. The van der Waals surface area contributed by atoms with Crippen molar-refractivity contribution >= 4 is 0 Å². The van der Waals surface area contributed by atoms with Crippen molar-refractivity contribution in [1.82, 2.24) is 14.9 Å². The van der Waals surface area contributed by atoms with Crippen molar-refractivity contribution in [2.75, 3.05) is 0 Å². The third-order valence-corrected chi connectivity index (χ3v) is 2.63. The third-order valence-electron chi connectivity index (χ3n) is 2.63. The molecule has 0 atom stereocenters. The van der Waals surface area contributed by atoms with Crippen LogP contribution in [0.5, 0.6) is 0 Å². The molecule has 0 radical (unpaired) electrons. The maximum absolute atomic E-state index is 13.4. The van der Waals surface area contributed by atoms with Crippen molar-refractivity contribution < 1.29 is 4.39 Å². The Kier molecular flexibility index (Phi) is 3.48. The standard InChI is InChI=1S/C14H18FN3/c1-14(2,3)17-9-11-8-12(15)4-5-13(11)18-7-6-16-10-18/h4-8,10,17H,9H2,1-3H3. The maximum Gasteiger partial charge on any atom is 0.123 e. The SMILES string of the molecule is CC(C)(C)NCc1cc(F)ccc1-n1ccnc1. The van der Waals surface area contributed by atoms with Gasteiger partial charge < -0.3 is 9.88 Å². The first-order chi connectivity index (χ1) is 8.46. The summed E-state index contributed by atoms with van der Waals surface area (Å²) in [5.41, 5.74) is 1.87. The Balaban J connectivity index is 2.30. The second-order valence-electron chi connectivity index (χ2n) is 5.35. The van der Waals surface area contributed by atoms with E-state index in [9.17, 15) is 4.39 Å². The molecule has 0 bridgehead atoms. The van der Waals surface area contributed by atoms with Crippen LogP contribution in [-0.2, 0) is 6.54 Å². The molecule has 0 unspecified atom stereocenters. The molecular weight excluding hydrogens is 229 g/mol. The first kappa shape index (κ1) is 12.8. The highest BCUT2D eigenvalue weighted by molar-refractivity contribution is 5.41. The normalized spacial score (nSPS) is 11.8. The lowest BCUT2D eigenvalue weighted by Gasteiger charge is -2.21. The van der Waals surface area contributed by atoms with Crippen molar-refractivity contribution in [1.29, 1.82) is 0 Å². The van der Waals surface area contributed by atoms with E-state index in [1.54, 1.807) is 24.7 Å². The van der Waals surface area contributed by atoms with Gasteiger partial charge in [0.25, 0.3) is 0 Å². The number of imidazole rings is 1. The van der Waals surface area contributed by atoms with Crippen LogP contribution in [-0.4, -0.2) is 15.1 Å². The predicted molar refractivity (Wildman–Crippen MR) is 70.1 cm³/mol. The highest BCUT2D eigenvalue weighted by atomic mass is 19.1. The first-order valence-electron chi connectivity index (χ1n) is 5.97. The van der Waals surface area contributed by atoms with Gasteiger partial charge >= 0.3 is 0 Å². The summed E-state index contributed by atoms with van der Waals surface area (Å²) in [7, 11) is 0. The summed E-state index contributed by atoms with van der Waals surface area (Å²) in [6, 6.07) is 4.81. The first-order valence-corrected chi connectivity index (χ1v) is 5.97. The Morgan fingerprint density at radius 1 is 1.33 bits per heavy atom. The molecule has 18 heavy (non-hydrogen) atoms. The Labute approximate surface area is 107 Å². The van der Waals surface area contributed by atoms with Gasteiger partial charge in [0.1, 0.15) is 5.82 Å². The van der Waals surface area contributed by atoms with E-state index in [-0.39, 0.29) is 11.4 Å². The lowest BCUT2D eigenvalue weighted by Crippen LogP contribution is -2.35. The molecule has 0 aliphatic carbocycles. The molecule has 0 aliphatic heterocycles. The van der Waals surface area contributed by atoms with E-state index in [2.05, 4.69) is 31.1 Å². The minimum absolute atomic E-state index is 0.00146. The maximum atomic E-state index is 13.4. The average molecular weight is 247 g/mol. The molecule has 0 amide bonds. The zero-order valence-electron chi connectivity index (χ0n) is 10.9. The highest BCUT2D eigenvalue weighted by Crippen LogP contribution is 2.17. The monoisotopic (exact) mass is 247 g/mol. The molecule has 0 saturated carbocycles. The van der Waals surface area contributed by atoms with E-state index in [4.69, 9.17) is 0 Å². The topological polar surface area (TPSA) is 29.9 Å². The van der Waals surface area contributed by atoms with Crippen LogP contribution in [0.4, 0.5) is 4.39 Å². The molecule has 0 spiro atoms. The third kappa shape index (κ3) is 3.17. The summed E-state index contributed by atoms with van der Waals surface area (Å²) < 4.78 is 15.2. The second kappa shape index (κ2) is 4.90. The fraction of sp³-hybridized carbons (Fsp3) is 0.357. The van der Waals surface area contributed by atoms with E-state index >= 15 is 0 Å². The molecule has 1 aromatic heterocycles. The number of hydrogen-bond donors (Lipinski definition) is 1. The van der Waals surface area contributed by atoms with Crippen LogP contribution in [0.3, 0.4) is 0 Å². The van der Waals surface area contributed by atoms with Crippen molar-refractivity contribution in [2.24, 2.45) is 0 Å². The van der Waals surface area contributed by atoms with Gasteiger partial charge in [0.2, 0.25) is 0 Å². The summed E-state index contributed by atoms with van der Waals surface area (Å²) in [6.07, 6.45) is 5.28. The number of nitrogens with zero attached hydrogens (tertiary/aromatic N) is 2. The quantitative estimate of drug-likeness (QED) is 0.903. The van der Waals surface area contributed by atoms with Gasteiger partial charge in [-0.25, -0.2) is 9.37 Å². The number of halogens is 1. The highest BCUT2D eigenvalue weighted by Gasteiger charge is 2.11. The minimum Gasteiger partial charge on any atom is -0.308 e. The van der Waals surface area contributed by atoms with E-state index in [1.807, 2.05) is 10.8 Å². The van der Waals surface area contributed by atoms with E-state index in [0.717, 1.165) is 11.3 Å². The van der Waals surface area contributed by atoms with Crippen molar-refractivity contribution in [2.45, 2.75) is 32.9 Å². The Hall–Kier alpha value is -1.68. The molecule has 0 aliphatic rings. The van der Waals surface area contributed by atoms with Crippen LogP contribution in [0.15, 0.2) is 36.9 Å². The van der Waals surface area contributed by atoms with Gasteiger partial charge in [-0.3, -0.25) is 0 Å². The number of rotatable bonds is 3. The molecule has 1 aromatic carbocycles. The molecule has 2 aromatic rings. The molecule has 1 heterocycles. The number of benzene rings is 1. The van der Waals surface area contributed by atoms with E-state index in [1.165, 1.54) is 6.07 Å². The van der Waals surface area contributed by atoms with Crippen molar-refractivity contribution in [3.05, 3.63) is 48.3 Å². The summed E-state index contributed by atoms with van der Waals surface area (Å²) in [5.74, 6) is -0.218. The van der Waals surface area contributed by atoms with Gasteiger partial charge in [-0.2, -0.15) is 0 Å². The minimum atomic E-state index is -0.218. The largest absolute Gasteiger partial charge is 0.308 e. The van der Waals surface area contributed by atoms with Gasteiger partial charge in [0.15, 0.2) is 0 Å². The zero-order valence-corrected chi connectivity index (χ0v) is 10.9. The fourth-order valence-electron chi connectivity index (χ4n) is 1.71. The molecule has 0 saturated heterocycles. The summed E-state index contributed by atoms with van der Waals surface area (Å²) in [6.45, 7) is 6.88. The number of hydrogen-bond acceptors (Lipinski definition) is 2. The number of nitrogens with one attached hydrogen (secondary N) is 1. The molecule has 3 nitrogen and oxygen atoms in total. The van der Waals surface area contributed by atoms with Crippen LogP contribution in [0.25, 0.3) is 5.69 Å². The Morgan fingerprint density at radius 3 is 2.72 bits per heavy atom. The molecule has 1 N–H and O–H groups in total. The lowest BCUT2D eigenvalue weighted by atomic mass is 10.1. The van der Waals surface area contributed by atoms with Crippen LogP contribution in [0.2, 0.25) is 0 Å². The van der Waals surface area contributed by atoms with Gasteiger partial charge in [-0.15, -0.1) is 0 Å². The smallest absolute Gasteiger partial charge is 0.123 e. The Morgan fingerprint density at radius 2 is 2.11 bits per heavy atom. The van der Waals surface area contributed by atoms with E-state index in [0.29, 0.717) is 6.54 Å². The van der Waals surface area contributed by atoms with E-state index < -0.39 is 0 Å². The lowest BCUT2D eigenvalue weighted by molar-refractivity contribution is 0.423. The van der Waals surface area contributed by atoms with Gasteiger partial charge in [0, 0.05) is 24.5 Å². The molecular formula is C14H18FN3. The number of aromatic nitrogens is 2. The second-order valence-corrected chi connectivity index (χ2v) is 5.35. The van der Waals surface area contributed by atoms with Gasteiger partial charge in [-0.05, 0) is 44.5 Å². The van der Waals surface area contributed by atoms with Crippen molar-refractivity contribution in [3.63, 3.8) is 0 Å². The van der Waals surface area contributed by atoms with Gasteiger partial charge in [-0.1, -0.05) is 0 Å². The van der Waals surface area contributed by atoms with Gasteiger partial charge in [0.05, 0.1) is 12.0 Å². The van der Waals surface area contributed by atoms with Crippen LogP contribution in [0, 0.1) is 5.82 Å². The molecule has 96 valence electrons. The van der Waals surface area contributed by atoms with Crippen LogP contribution in [0.1, 0.15) is 26.3 Å². The summed E-state index contributed by atoms with van der Waals surface area (Å²) in [5, 5.41) is 3.37. The zero-order chi connectivity index (χ0) is 13.2. The van der Waals surface area contributed by atoms with Crippen LogP contribution < -0.4 is 5.32 Å². The van der Waals surface area contributed by atoms with Crippen molar-refractivity contribution in [3.8, 4) is 5.69 Å². The summed E-state index contributed by atoms with van der Waals surface area (Å²) >= 11 is 0. The average Bonchev–Trinajstić information content (AvgIpc) is 2.79. The molecule has 0 fully saturated rings. The summed E-state index contributed by atoms with van der Waals surface area (Å²) in [4.78, 5) is 4.02. The molecule has 2 rings (SSSR count). The Bertz CT molecular complexity index is 512. The fourth-order valence-corrected chi connectivity index (χ4v) is 1.71. The van der Waals surface area contributed by atoms with Crippen LogP contribution >= 0.6 is 0 Å². The predicted octanol–water partition coefficient (Wildman–Crippen LogP) is 2.90.